The van der Waals surface area contributed by atoms with Gasteiger partial charge in [-0.3, -0.25) is 9.69 Å². The van der Waals surface area contributed by atoms with E-state index in [1.54, 1.807) is 16.2 Å². The molecule has 0 aliphatic carbocycles. The molecule has 1 amide bonds. The summed E-state index contributed by atoms with van der Waals surface area (Å²) in [5, 5.41) is 3.92. The molecule has 3 saturated heterocycles. The van der Waals surface area contributed by atoms with Gasteiger partial charge in [-0.2, -0.15) is 11.3 Å². The van der Waals surface area contributed by atoms with Crippen molar-refractivity contribution in [3.63, 3.8) is 0 Å². The Bertz CT molecular complexity index is 608. The lowest BCUT2D eigenvalue weighted by Crippen LogP contribution is -2.47. The van der Waals surface area contributed by atoms with Crippen LogP contribution < -0.4 is 0 Å². The standard InChI is InChI=1S/C17H22F2N2O2S/c18-16-10-20(7-14-3-6-24-9-14)12-17(16,19)15(22)21(11-16)8-13-1-4-23-5-2-13/h3,6,9,13H,1-2,4-5,7-8,10-12H2/t16-,17+/m0/s1. The molecule has 4 rings (SSSR count). The Kier molecular flexibility index (Phi) is 4.13. The highest BCUT2D eigenvalue weighted by Gasteiger charge is 2.70. The van der Waals surface area contributed by atoms with Crippen molar-refractivity contribution < 1.29 is 18.3 Å². The molecule has 3 aliphatic heterocycles. The topological polar surface area (TPSA) is 32.8 Å². The lowest BCUT2D eigenvalue weighted by Gasteiger charge is -2.28. The van der Waals surface area contributed by atoms with Crippen molar-refractivity contribution in [2.24, 2.45) is 5.92 Å². The van der Waals surface area contributed by atoms with E-state index in [9.17, 15) is 4.79 Å². The molecular formula is C17H22F2N2O2S. The minimum Gasteiger partial charge on any atom is -0.381 e. The molecule has 3 fully saturated rings. The number of nitrogens with zero attached hydrogens (tertiary/aromatic N) is 2. The average Bonchev–Trinajstić information content (AvgIpc) is 3.18. The highest BCUT2D eigenvalue weighted by Crippen LogP contribution is 2.46. The molecule has 0 bridgehead atoms. The molecule has 132 valence electrons. The van der Waals surface area contributed by atoms with Gasteiger partial charge >= 0.3 is 0 Å². The molecule has 0 unspecified atom stereocenters. The number of thiophene rings is 1. The fourth-order valence-corrected chi connectivity index (χ4v) is 4.85. The van der Waals surface area contributed by atoms with Gasteiger partial charge in [0.15, 0.2) is 5.67 Å². The summed E-state index contributed by atoms with van der Waals surface area (Å²) in [6.07, 6.45) is 1.71. The average molecular weight is 356 g/mol. The van der Waals surface area contributed by atoms with E-state index in [4.69, 9.17) is 4.74 Å². The SMILES string of the molecule is O=C1N(CC2CCOCC2)C[C@@]2(F)CN(Cc3ccsc3)C[C@@]12F. The van der Waals surface area contributed by atoms with Crippen molar-refractivity contribution in [3.8, 4) is 0 Å². The Morgan fingerprint density at radius 2 is 2.04 bits per heavy atom. The number of amides is 1. The van der Waals surface area contributed by atoms with Crippen LogP contribution in [0.5, 0.6) is 0 Å². The van der Waals surface area contributed by atoms with Crippen molar-refractivity contribution in [1.29, 1.82) is 0 Å². The van der Waals surface area contributed by atoms with Crippen LogP contribution in [0.3, 0.4) is 0 Å². The van der Waals surface area contributed by atoms with Gasteiger partial charge in [-0.15, -0.1) is 0 Å². The molecule has 4 heterocycles. The van der Waals surface area contributed by atoms with E-state index in [0.717, 1.165) is 18.4 Å². The molecule has 4 nitrogen and oxygen atoms in total. The van der Waals surface area contributed by atoms with Gasteiger partial charge < -0.3 is 9.64 Å². The third kappa shape index (κ3) is 2.66. The number of halogens is 2. The second-order valence-electron chi connectivity index (χ2n) is 7.28. The largest absolute Gasteiger partial charge is 0.381 e. The van der Waals surface area contributed by atoms with Crippen molar-refractivity contribution >= 4 is 17.2 Å². The monoisotopic (exact) mass is 356 g/mol. The van der Waals surface area contributed by atoms with Gasteiger partial charge in [-0.25, -0.2) is 8.78 Å². The molecular weight excluding hydrogens is 334 g/mol. The van der Waals surface area contributed by atoms with Gasteiger partial charge in [0, 0.05) is 39.4 Å². The molecule has 0 N–H and O–H groups in total. The van der Waals surface area contributed by atoms with Crippen LogP contribution in [-0.2, 0) is 16.1 Å². The highest BCUT2D eigenvalue weighted by molar-refractivity contribution is 7.07. The van der Waals surface area contributed by atoms with Crippen LogP contribution >= 0.6 is 11.3 Å². The van der Waals surface area contributed by atoms with Crippen LogP contribution in [0.1, 0.15) is 18.4 Å². The summed E-state index contributed by atoms with van der Waals surface area (Å²) in [4.78, 5) is 15.7. The van der Waals surface area contributed by atoms with Gasteiger partial charge in [0.1, 0.15) is 0 Å². The fraction of sp³-hybridized carbons (Fsp3) is 0.706. The number of fused-ring (bicyclic) bond motifs is 1. The lowest BCUT2D eigenvalue weighted by molar-refractivity contribution is -0.140. The molecule has 2 atom stereocenters. The summed E-state index contributed by atoms with van der Waals surface area (Å²) < 4.78 is 36.0. The van der Waals surface area contributed by atoms with E-state index in [1.807, 2.05) is 16.8 Å². The number of hydrogen-bond acceptors (Lipinski definition) is 4. The molecule has 0 saturated carbocycles. The zero-order valence-electron chi connectivity index (χ0n) is 13.5. The minimum absolute atomic E-state index is 0.0185. The van der Waals surface area contributed by atoms with Crippen molar-refractivity contribution in [3.05, 3.63) is 22.4 Å². The van der Waals surface area contributed by atoms with Crippen LogP contribution in [0.4, 0.5) is 8.78 Å². The molecule has 24 heavy (non-hydrogen) atoms. The molecule has 7 heteroatoms. The summed E-state index contributed by atoms with van der Waals surface area (Å²) in [6, 6.07) is 1.95. The predicted molar refractivity (Wildman–Crippen MR) is 87.4 cm³/mol. The summed E-state index contributed by atoms with van der Waals surface area (Å²) >= 11 is 1.56. The molecule has 0 radical (unpaired) electrons. The van der Waals surface area contributed by atoms with E-state index in [-0.39, 0.29) is 25.6 Å². The normalized spacial score (nSPS) is 34.9. The zero-order chi connectivity index (χ0) is 16.8. The molecule has 0 aromatic carbocycles. The summed E-state index contributed by atoms with van der Waals surface area (Å²) in [5.74, 6) is -0.375. The second-order valence-corrected chi connectivity index (χ2v) is 8.06. The van der Waals surface area contributed by atoms with E-state index >= 15 is 8.78 Å². The van der Waals surface area contributed by atoms with Crippen LogP contribution in [-0.4, -0.2) is 66.4 Å². The number of ether oxygens (including phenoxy) is 1. The first kappa shape index (κ1) is 16.4. The smallest absolute Gasteiger partial charge is 0.265 e. The summed E-state index contributed by atoms with van der Waals surface area (Å²) in [7, 11) is 0. The van der Waals surface area contributed by atoms with Gasteiger partial charge in [0.05, 0.1) is 6.54 Å². The van der Waals surface area contributed by atoms with Crippen LogP contribution in [0.15, 0.2) is 16.8 Å². The molecule has 3 aliphatic rings. The molecule has 1 aromatic heterocycles. The molecule has 0 spiro atoms. The Labute approximate surface area is 144 Å². The minimum atomic E-state index is -2.39. The first-order valence-corrected chi connectivity index (χ1v) is 9.43. The number of rotatable bonds is 4. The second kappa shape index (κ2) is 6.04. The first-order valence-electron chi connectivity index (χ1n) is 8.49. The van der Waals surface area contributed by atoms with Crippen molar-refractivity contribution in [1.82, 2.24) is 9.80 Å². The van der Waals surface area contributed by atoms with Crippen LogP contribution in [0.25, 0.3) is 0 Å². The Morgan fingerprint density at radius 3 is 2.71 bits per heavy atom. The highest BCUT2D eigenvalue weighted by atomic mass is 32.1. The van der Waals surface area contributed by atoms with Gasteiger partial charge in [-0.1, -0.05) is 0 Å². The maximum atomic E-state index is 15.3. The quantitative estimate of drug-likeness (QED) is 0.830. The fourth-order valence-electron chi connectivity index (χ4n) is 4.19. The number of likely N-dealkylation sites (tertiary alicyclic amines) is 2. The van der Waals surface area contributed by atoms with E-state index in [1.165, 1.54) is 4.90 Å². The first-order chi connectivity index (χ1) is 11.5. The van der Waals surface area contributed by atoms with Gasteiger partial charge in [0.2, 0.25) is 5.67 Å². The Balaban J connectivity index is 1.44. The zero-order valence-corrected chi connectivity index (χ0v) is 14.4. The number of carbonyl (C=O) groups is 1. The third-order valence-corrected chi connectivity index (χ3v) is 6.23. The number of alkyl halides is 2. The van der Waals surface area contributed by atoms with Crippen LogP contribution in [0.2, 0.25) is 0 Å². The summed E-state index contributed by atoms with van der Waals surface area (Å²) in [5.41, 5.74) is -3.45. The Hall–Kier alpha value is -1.05. The summed E-state index contributed by atoms with van der Waals surface area (Å²) in [6.45, 7) is 1.99. The van der Waals surface area contributed by atoms with E-state index in [2.05, 4.69) is 0 Å². The lowest BCUT2D eigenvalue weighted by atomic mass is 9.93. The molecule has 1 aromatic rings. The number of carbonyl (C=O) groups excluding carboxylic acids is 1. The van der Waals surface area contributed by atoms with E-state index < -0.39 is 17.2 Å². The van der Waals surface area contributed by atoms with Crippen molar-refractivity contribution in [2.45, 2.75) is 30.7 Å². The van der Waals surface area contributed by atoms with E-state index in [0.29, 0.717) is 26.3 Å². The maximum Gasteiger partial charge on any atom is 0.265 e. The maximum absolute atomic E-state index is 15.3. The van der Waals surface area contributed by atoms with Crippen molar-refractivity contribution in [2.75, 3.05) is 39.4 Å². The third-order valence-electron chi connectivity index (χ3n) is 5.50. The predicted octanol–water partition coefficient (Wildman–Crippen LogP) is 2.25. The van der Waals surface area contributed by atoms with Crippen LogP contribution in [0, 0.1) is 5.92 Å². The van der Waals surface area contributed by atoms with Gasteiger partial charge in [-0.05, 0) is 41.1 Å². The Morgan fingerprint density at radius 1 is 1.25 bits per heavy atom. The van der Waals surface area contributed by atoms with Gasteiger partial charge in [0.25, 0.3) is 5.91 Å². The number of hydrogen-bond donors (Lipinski definition) is 0.